The number of carbonyl (C=O) groups excluding carboxylic acids is 1. The number of benzene rings is 1. The Labute approximate surface area is 127 Å². The van der Waals surface area contributed by atoms with Crippen molar-refractivity contribution in [2.75, 3.05) is 24.6 Å². The van der Waals surface area contributed by atoms with Gasteiger partial charge in [0.2, 0.25) is 0 Å². The summed E-state index contributed by atoms with van der Waals surface area (Å²) in [5, 5.41) is 3.65. The minimum atomic E-state index is 0.0116. The predicted molar refractivity (Wildman–Crippen MR) is 84.0 cm³/mol. The molecule has 1 aliphatic rings. The second kappa shape index (κ2) is 5.26. The zero-order chi connectivity index (χ0) is 15.0. The average Bonchev–Trinajstić information content (AvgIpc) is 2.47. The van der Waals surface area contributed by atoms with Gasteiger partial charge in [-0.3, -0.25) is 4.79 Å². The van der Waals surface area contributed by atoms with Crippen molar-refractivity contribution in [2.24, 2.45) is 0 Å². The molecule has 0 bridgehead atoms. The number of halogens is 1. The van der Waals surface area contributed by atoms with Crippen LogP contribution in [-0.4, -0.2) is 29.4 Å². The number of nitrogens with two attached hydrogens (primary N) is 1. The Bertz CT molecular complexity index is 717. The second-order valence-corrected chi connectivity index (χ2v) is 5.44. The standard InChI is InChI=1S/C15H15ClN4O/c1-20-6-5-9-3-2-4-11(14(9)15(20)21)19-12-7-13(17)18-8-10(12)16/h2-4,7-8H,5-6H2,1H3,(H3,17,18,19). The summed E-state index contributed by atoms with van der Waals surface area (Å²) in [6.07, 6.45) is 2.34. The number of aromatic nitrogens is 1. The summed E-state index contributed by atoms with van der Waals surface area (Å²) in [5.74, 6) is 0.382. The Morgan fingerprint density at radius 2 is 2.19 bits per heavy atom. The molecule has 5 nitrogen and oxygen atoms in total. The molecule has 1 aliphatic heterocycles. The molecule has 0 atom stereocenters. The quantitative estimate of drug-likeness (QED) is 0.895. The predicted octanol–water partition coefficient (Wildman–Crippen LogP) is 2.69. The number of pyridine rings is 1. The third-order valence-electron chi connectivity index (χ3n) is 3.57. The van der Waals surface area contributed by atoms with Crippen LogP contribution in [0.5, 0.6) is 0 Å². The number of amides is 1. The van der Waals surface area contributed by atoms with E-state index < -0.39 is 0 Å². The van der Waals surface area contributed by atoms with Crippen molar-refractivity contribution in [2.45, 2.75) is 6.42 Å². The number of hydrogen-bond acceptors (Lipinski definition) is 4. The van der Waals surface area contributed by atoms with Gasteiger partial charge in [-0.2, -0.15) is 0 Å². The molecule has 1 amide bonds. The molecule has 108 valence electrons. The van der Waals surface area contributed by atoms with Crippen LogP contribution in [0.3, 0.4) is 0 Å². The van der Waals surface area contributed by atoms with Crippen LogP contribution in [0.1, 0.15) is 15.9 Å². The van der Waals surface area contributed by atoms with Crippen LogP contribution < -0.4 is 11.1 Å². The van der Waals surface area contributed by atoms with E-state index in [4.69, 9.17) is 17.3 Å². The van der Waals surface area contributed by atoms with E-state index in [1.807, 2.05) is 18.2 Å². The van der Waals surface area contributed by atoms with Gasteiger partial charge in [0.25, 0.3) is 5.91 Å². The van der Waals surface area contributed by atoms with Crippen molar-refractivity contribution < 1.29 is 4.79 Å². The van der Waals surface area contributed by atoms with Crippen LogP contribution >= 0.6 is 11.6 Å². The maximum Gasteiger partial charge on any atom is 0.255 e. The number of carbonyl (C=O) groups is 1. The van der Waals surface area contributed by atoms with Gasteiger partial charge in [-0.05, 0) is 18.1 Å². The molecule has 21 heavy (non-hydrogen) atoms. The first-order valence-electron chi connectivity index (χ1n) is 6.61. The van der Waals surface area contributed by atoms with Gasteiger partial charge in [0.05, 0.1) is 22.0 Å². The first-order chi connectivity index (χ1) is 10.1. The molecule has 0 fully saturated rings. The first kappa shape index (κ1) is 13.7. The van der Waals surface area contributed by atoms with E-state index in [1.54, 1.807) is 18.0 Å². The Morgan fingerprint density at radius 1 is 1.38 bits per heavy atom. The summed E-state index contributed by atoms with van der Waals surface area (Å²) in [6, 6.07) is 7.42. The van der Waals surface area contributed by atoms with E-state index in [0.717, 1.165) is 24.2 Å². The van der Waals surface area contributed by atoms with Gasteiger partial charge in [-0.25, -0.2) is 4.98 Å². The SMILES string of the molecule is CN1CCc2cccc(Nc3cc(N)ncc3Cl)c2C1=O. The van der Waals surface area contributed by atoms with Crippen molar-refractivity contribution in [3.05, 3.63) is 46.6 Å². The molecule has 1 aromatic carbocycles. The zero-order valence-electron chi connectivity index (χ0n) is 11.6. The summed E-state index contributed by atoms with van der Waals surface area (Å²) >= 11 is 6.12. The molecule has 0 radical (unpaired) electrons. The number of nitrogens with one attached hydrogen (secondary N) is 1. The molecule has 3 rings (SSSR count). The highest BCUT2D eigenvalue weighted by Gasteiger charge is 2.24. The number of nitrogen functional groups attached to an aromatic ring is 1. The number of hydrogen-bond donors (Lipinski definition) is 2. The molecule has 2 aromatic rings. The van der Waals surface area contributed by atoms with Gasteiger partial charge in [0.15, 0.2) is 0 Å². The van der Waals surface area contributed by atoms with Crippen molar-refractivity contribution >= 4 is 34.7 Å². The van der Waals surface area contributed by atoms with Gasteiger partial charge in [-0.15, -0.1) is 0 Å². The van der Waals surface area contributed by atoms with Crippen LogP contribution in [0.25, 0.3) is 0 Å². The lowest BCUT2D eigenvalue weighted by molar-refractivity contribution is 0.0782. The monoisotopic (exact) mass is 302 g/mol. The fraction of sp³-hybridized carbons (Fsp3) is 0.200. The summed E-state index contributed by atoms with van der Waals surface area (Å²) in [5.41, 5.74) is 8.79. The fourth-order valence-electron chi connectivity index (χ4n) is 2.44. The highest BCUT2D eigenvalue weighted by atomic mass is 35.5. The maximum atomic E-state index is 12.4. The molecule has 3 N–H and O–H groups in total. The number of rotatable bonds is 2. The third-order valence-corrected chi connectivity index (χ3v) is 3.87. The van der Waals surface area contributed by atoms with Crippen LogP contribution in [0.2, 0.25) is 5.02 Å². The van der Waals surface area contributed by atoms with E-state index in [1.165, 1.54) is 6.20 Å². The third kappa shape index (κ3) is 2.52. The molecule has 0 saturated heterocycles. The van der Waals surface area contributed by atoms with Crippen LogP contribution in [-0.2, 0) is 6.42 Å². The van der Waals surface area contributed by atoms with Gasteiger partial charge in [-0.1, -0.05) is 23.7 Å². The Balaban J connectivity index is 2.04. The minimum absolute atomic E-state index is 0.0116. The molecule has 1 aromatic heterocycles. The van der Waals surface area contributed by atoms with Crippen LogP contribution in [0, 0.1) is 0 Å². The summed E-state index contributed by atoms with van der Waals surface area (Å²) in [4.78, 5) is 18.0. The van der Waals surface area contributed by atoms with E-state index in [2.05, 4.69) is 10.3 Å². The van der Waals surface area contributed by atoms with Crippen molar-refractivity contribution in [1.29, 1.82) is 0 Å². The molecule has 0 saturated carbocycles. The number of likely N-dealkylation sites (N-methyl/N-ethyl adjacent to an activating group) is 1. The molecule has 0 unspecified atom stereocenters. The fourth-order valence-corrected chi connectivity index (χ4v) is 2.59. The van der Waals surface area contributed by atoms with E-state index in [-0.39, 0.29) is 5.91 Å². The number of fused-ring (bicyclic) bond motifs is 1. The number of nitrogens with zero attached hydrogens (tertiary/aromatic N) is 2. The molecule has 2 heterocycles. The molecular formula is C15H15ClN4O. The summed E-state index contributed by atoms with van der Waals surface area (Å²) in [7, 11) is 1.81. The maximum absolute atomic E-state index is 12.4. The Morgan fingerprint density at radius 3 is 3.00 bits per heavy atom. The van der Waals surface area contributed by atoms with Gasteiger partial charge >= 0.3 is 0 Å². The van der Waals surface area contributed by atoms with Crippen LogP contribution in [0.15, 0.2) is 30.5 Å². The Hall–Kier alpha value is -2.27. The largest absolute Gasteiger partial charge is 0.384 e. The highest BCUT2D eigenvalue weighted by Crippen LogP contribution is 2.31. The minimum Gasteiger partial charge on any atom is -0.384 e. The summed E-state index contributed by atoms with van der Waals surface area (Å²) < 4.78 is 0. The Kier molecular flexibility index (Phi) is 3.43. The topological polar surface area (TPSA) is 71.2 Å². The number of anilines is 3. The molecular weight excluding hydrogens is 288 g/mol. The first-order valence-corrected chi connectivity index (χ1v) is 6.99. The smallest absolute Gasteiger partial charge is 0.255 e. The average molecular weight is 303 g/mol. The normalized spacial score (nSPS) is 14.0. The summed E-state index contributed by atoms with van der Waals surface area (Å²) in [6.45, 7) is 0.734. The van der Waals surface area contributed by atoms with Gasteiger partial charge in [0, 0.05) is 25.9 Å². The van der Waals surface area contributed by atoms with E-state index in [0.29, 0.717) is 22.1 Å². The van der Waals surface area contributed by atoms with E-state index in [9.17, 15) is 4.79 Å². The van der Waals surface area contributed by atoms with Crippen molar-refractivity contribution in [1.82, 2.24) is 9.88 Å². The lowest BCUT2D eigenvalue weighted by Gasteiger charge is -2.27. The van der Waals surface area contributed by atoms with Crippen LogP contribution in [0.4, 0.5) is 17.2 Å². The zero-order valence-corrected chi connectivity index (χ0v) is 12.3. The van der Waals surface area contributed by atoms with Gasteiger partial charge < -0.3 is 16.0 Å². The molecule has 0 spiro atoms. The molecule has 0 aliphatic carbocycles. The van der Waals surface area contributed by atoms with E-state index >= 15 is 0 Å². The second-order valence-electron chi connectivity index (χ2n) is 5.03. The van der Waals surface area contributed by atoms with Crippen molar-refractivity contribution in [3.8, 4) is 0 Å². The lowest BCUT2D eigenvalue weighted by atomic mass is 9.97. The molecule has 6 heteroatoms. The highest BCUT2D eigenvalue weighted by molar-refractivity contribution is 6.33. The van der Waals surface area contributed by atoms with Crippen molar-refractivity contribution in [3.63, 3.8) is 0 Å². The lowest BCUT2D eigenvalue weighted by Crippen LogP contribution is -2.34. The van der Waals surface area contributed by atoms with Gasteiger partial charge in [0.1, 0.15) is 5.82 Å².